The largest absolute Gasteiger partial charge is 0.354 e. The van der Waals surface area contributed by atoms with Gasteiger partial charge in [0, 0.05) is 101 Å². The van der Waals surface area contributed by atoms with E-state index in [-0.39, 0.29) is 0 Å². The van der Waals surface area contributed by atoms with Crippen LogP contribution in [-0.2, 0) is 0 Å². The molecule has 0 radical (unpaired) electrons. The standard InChI is InChI=1S/C42H28N4.C32H22N2.C10H7BrN2/c1-3-14-29(15-4-1)32-20-13-21-35-40-33-18-7-9-23-38(33)45(31-25-26-37(44-28-31)36-22-11-12-27-43-36)39-24-10-8-19-34(39)42(40)46(41(32)35)30-16-5-2-6-17-30;1-3-12-22(13-4-1)24-18-11-19-27-30-25-16-7-9-20-28(25)33-29-21-10-8-17-26(29)32(30)34(31(24)27)23-14-5-2-6-15-23;11-8-4-5-10(13-7-8)9-3-1-2-6-12-9/h1-28H;1-21,33H;1-7H. The highest BCUT2D eigenvalue weighted by Gasteiger charge is 2.33. The number of pyridine rings is 4. The molecule has 6 aromatic heterocycles. The van der Waals surface area contributed by atoms with Crippen molar-refractivity contribution in [3.8, 4) is 101 Å². The molecular formula is C84H57BrN8. The van der Waals surface area contributed by atoms with Crippen LogP contribution in [0.3, 0.4) is 0 Å². The van der Waals surface area contributed by atoms with Crippen LogP contribution in [0.5, 0.6) is 0 Å². The van der Waals surface area contributed by atoms with Crippen molar-refractivity contribution in [3.63, 3.8) is 0 Å². The number of anilines is 5. The number of hydrogen-bond donors (Lipinski definition) is 1. The lowest BCUT2D eigenvalue weighted by atomic mass is 9.96. The lowest BCUT2D eigenvalue weighted by Crippen LogP contribution is -2.11. The van der Waals surface area contributed by atoms with E-state index in [1.807, 2.05) is 54.7 Å². The minimum Gasteiger partial charge on any atom is -0.354 e. The summed E-state index contributed by atoms with van der Waals surface area (Å²) in [5, 5.41) is 6.18. The molecule has 16 aromatic rings. The molecule has 2 aliphatic heterocycles. The van der Waals surface area contributed by atoms with E-state index in [1.54, 1.807) is 18.6 Å². The highest BCUT2D eigenvalue weighted by atomic mass is 79.9. The molecule has 93 heavy (non-hydrogen) atoms. The summed E-state index contributed by atoms with van der Waals surface area (Å²) in [6.45, 7) is 0. The van der Waals surface area contributed by atoms with E-state index in [2.05, 4.69) is 317 Å². The van der Waals surface area contributed by atoms with E-state index in [9.17, 15) is 0 Å². The smallest absolute Gasteiger partial charge is 0.0887 e. The van der Waals surface area contributed by atoms with Gasteiger partial charge in [-0.25, -0.2) is 0 Å². The number of halogens is 1. The normalized spacial score (nSPS) is 11.6. The zero-order valence-electron chi connectivity index (χ0n) is 50.3. The van der Waals surface area contributed by atoms with Crippen LogP contribution in [0.2, 0.25) is 0 Å². The first-order chi connectivity index (χ1) is 46.1. The number of hydrogen-bond acceptors (Lipinski definition) is 6. The van der Waals surface area contributed by atoms with Crippen molar-refractivity contribution in [2.45, 2.75) is 0 Å². The van der Waals surface area contributed by atoms with Crippen molar-refractivity contribution >= 4 is 66.2 Å². The molecular weight excluding hydrogens is 1200 g/mol. The van der Waals surface area contributed by atoms with Crippen LogP contribution in [-0.4, -0.2) is 29.1 Å². The maximum atomic E-state index is 4.89. The number of aromatic nitrogens is 6. The van der Waals surface area contributed by atoms with Gasteiger partial charge in [0.2, 0.25) is 0 Å². The molecule has 0 spiro atoms. The number of nitrogens with one attached hydrogen (secondary N) is 1. The fourth-order valence-corrected chi connectivity index (χ4v) is 13.5. The molecule has 0 atom stereocenters. The molecule has 0 saturated heterocycles. The zero-order valence-corrected chi connectivity index (χ0v) is 51.9. The fraction of sp³-hybridized carbons (Fsp3) is 0. The number of para-hydroxylation sites is 8. The fourth-order valence-electron chi connectivity index (χ4n) is 13.2. The van der Waals surface area contributed by atoms with Crippen LogP contribution in [0.4, 0.5) is 28.4 Å². The lowest BCUT2D eigenvalue weighted by molar-refractivity contribution is 1.13. The van der Waals surface area contributed by atoms with Gasteiger partial charge in [0.15, 0.2) is 0 Å². The van der Waals surface area contributed by atoms with E-state index in [0.29, 0.717) is 0 Å². The highest BCUT2D eigenvalue weighted by molar-refractivity contribution is 9.10. The molecule has 0 amide bonds. The minimum absolute atomic E-state index is 0.846. The molecule has 0 saturated carbocycles. The quantitative estimate of drug-likeness (QED) is 0.171. The van der Waals surface area contributed by atoms with Crippen LogP contribution in [0.1, 0.15) is 0 Å². The van der Waals surface area contributed by atoms with Crippen LogP contribution in [0, 0.1) is 0 Å². The molecule has 18 rings (SSSR count). The second kappa shape index (κ2) is 24.7. The average Bonchev–Trinajstić information content (AvgIpc) is 1.57. The molecule has 10 aromatic carbocycles. The van der Waals surface area contributed by atoms with Gasteiger partial charge in [-0.05, 0) is 124 Å². The van der Waals surface area contributed by atoms with Crippen molar-refractivity contribution in [2.75, 3.05) is 10.2 Å². The van der Waals surface area contributed by atoms with E-state index in [4.69, 9.17) is 4.98 Å². The van der Waals surface area contributed by atoms with Crippen molar-refractivity contribution in [3.05, 3.63) is 345 Å². The van der Waals surface area contributed by atoms with Gasteiger partial charge in [0.05, 0.1) is 68.5 Å². The maximum absolute atomic E-state index is 4.89. The maximum Gasteiger partial charge on any atom is 0.0887 e. The Morgan fingerprint density at radius 3 is 1.20 bits per heavy atom. The second-order valence-corrected chi connectivity index (χ2v) is 23.6. The van der Waals surface area contributed by atoms with E-state index in [1.165, 1.54) is 83.3 Å². The van der Waals surface area contributed by atoms with Gasteiger partial charge in [-0.3, -0.25) is 19.9 Å². The molecule has 0 aliphatic carbocycles. The monoisotopic (exact) mass is 1260 g/mol. The summed E-state index contributed by atoms with van der Waals surface area (Å²) in [4.78, 5) is 20.2. The van der Waals surface area contributed by atoms with Gasteiger partial charge in [-0.15, -0.1) is 0 Å². The van der Waals surface area contributed by atoms with Crippen molar-refractivity contribution in [1.29, 1.82) is 0 Å². The summed E-state index contributed by atoms with van der Waals surface area (Å²) in [7, 11) is 0. The second-order valence-electron chi connectivity index (χ2n) is 22.7. The van der Waals surface area contributed by atoms with Crippen LogP contribution in [0.15, 0.2) is 345 Å². The number of fused-ring (bicyclic) bond motifs is 14. The van der Waals surface area contributed by atoms with Crippen molar-refractivity contribution < 1.29 is 0 Å². The van der Waals surface area contributed by atoms with Crippen LogP contribution >= 0.6 is 15.9 Å². The van der Waals surface area contributed by atoms with Gasteiger partial charge in [-0.2, -0.15) is 0 Å². The summed E-state index contributed by atoms with van der Waals surface area (Å²) >= 11 is 3.34. The first kappa shape index (κ1) is 56.2. The highest BCUT2D eigenvalue weighted by Crippen LogP contribution is 2.56. The Kier molecular flexibility index (Phi) is 15.0. The Balaban J connectivity index is 0.000000127. The third kappa shape index (κ3) is 10.4. The summed E-state index contributed by atoms with van der Waals surface area (Å²) in [5.74, 6) is 0. The number of benzene rings is 10. The van der Waals surface area contributed by atoms with Gasteiger partial charge in [0.25, 0.3) is 0 Å². The number of nitrogens with zero attached hydrogens (tertiary/aromatic N) is 7. The molecule has 9 heteroatoms. The van der Waals surface area contributed by atoms with Gasteiger partial charge in [0.1, 0.15) is 0 Å². The van der Waals surface area contributed by atoms with E-state index >= 15 is 0 Å². The topological polar surface area (TPSA) is 76.7 Å². The van der Waals surface area contributed by atoms with Crippen LogP contribution < -0.4 is 10.2 Å². The Hall–Kier alpha value is -12.0. The Bertz CT molecular complexity index is 5330. The molecule has 8 heterocycles. The predicted octanol–water partition coefficient (Wildman–Crippen LogP) is 22.5. The third-order valence-electron chi connectivity index (χ3n) is 17.2. The Labute approximate surface area is 547 Å². The van der Waals surface area contributed by atoms with Gasteiger partial charge >= 0.3 is 0 Å². The number of rotatable bonds is 7. The Morgan fingerprint density at radius 1 is 0.280 bits per heavy atom. The molecule has 1 N–H and O–H groups in total. The SMILES string of the molecule is Brc1ccc(-c2ccccn2)nc1.c1ccc(-c2cccc3c4c(n(-c5ccccc5)c23)-c2ccccc2N(c2ccc(-c3ccccn3)nc2)c2ccccc2-4)cc1.c1ccc(-c2cccc3c4c(n(-c5ccccc5)c23)-c2ccccc2Nc2ccccc2-4)cc1. The zero-order chi connectivity index (χ0) is 62.0. The molecule has 440 valence electrons. The van der Waals surface area contributed by atoms with Crippen molar-refractivity contribution in [2.24, 2.45) is 0 Å². The van der Waals surface area contributed by atoms with Gasteiger partial charge in [-0.1, -0.05) is 218 Å². The summed E-state index contributed by atoms with van der Waals surface area (Å²) < 4.78 is 5.90. The minimum atomic E-state index is 0.846. The summed E-state index contributed by atoms with van der Waals surface area (Å²) in [5.41, 5.74) is 28.1. The van der Waals surface area contributed by atoms with E-state index < -0.39 is 0 Å². The summed E-state index contributed by atoms with van der Waals surface area (Å²) in [6.07, 6.45) is 7.30. The molecule has 0 fully saturated rings. The van der Waals surface area contributed by atoms with Crippen LogP contribution in [0.25, 0.3) is 123 Å². The predicted molar refractivity (Wildman–Crippen MR) is 387 cm³/mol. The summed E-state index contributed by atoms with van der Waals surface area (Å²) in [6, 6.07) is 111. The molecule has 2 aliphatic rings. The molecule has 8 nitrogen and oxygen atoms in total. The van der Waals surface area contributed by atoms with E-state index in [0.717, 1.165) is 72.6 Å². The van der Waals surface area contributed by atoms with Crippen molar-refractivity contribution in [1.82, 2.24) is 29.1 Å². The first-order valence-electron chi connectivity index (χ1n) is 31.0. The van der Waals surface area contributed by atoms with Gasteiger partial charge < -0.3 is 19.4 Å². The Morgan fingerprint density at radius 2 is 0.688 bits per heavy atom. The third-order valence-corrected chi connectivity index (χ3v) is 17.7. The lowest BCUT2D eigenvalue weighted by Gasteiger charge is -2.27. The molecule has 0 bridgehead atoms. The first-order valence-corrected chi connectivity index (χ1v) is 31.8. The molecule has 0 unspecified atom stereocenters. The average molecular weight is 1260 g/mol.